The third-order valence-corrected chi connectivity index (χ3v) is 3.73. The van der Waals surface area contributed by atoms with E-state index in [4.69, 9.17) is 9.26 Å². The van der Waals surface area contributed by atoms with Crippen molar-refractivity contribution in [1.82, 2.24) is 15.5 Å². The fourth-order valence-electron chi connectivity index (χ4n) is 2.48. The van der Waals surface area contributed by atoms with E-state index in [1.54, 1.807) is 0 Å². The Hall–Kier alpha value is -0.940. The van der Waals surface area contributed by atoms with E-state index in [0.717, 1.165) is 57.0 Å². The molecule has 0 bridgehead atoms. The standard InChI is InChI=1S/C15H27N3O2/c1-3-9-16-12(2)7-8-15-17-14(18-20-15)11-13-6-4-5-10-19-13/h12-13,16H,3-11H2,1-2H3. The number of aryl methyl sites for hydroxylation is 1. The molecule has 2 unspecified atom stereocenters. The normalized spacial score (nSPS) is 21.0. The Balaban J connectivity index is 1.71. The number of nitrogens with zero attached hydrogens (tertiary/aromatic N) is 2. The second-order valence-corrected chi connectivity index (χ2v) is 5.69. The summed E-state index contributed by atoms with van der Waals surface area (Å²) in [5, 5.41) is 7.53. The minimum atomic E-state index is 0.277. The van der Waals surface area contributed by atoms with E-state index >= 15 is 0 Å². The summed E-state index contributed by atoms with van der Waals surface area (Å²) in [6.45, 7) is 6.31. The zero-order chi connectivity index (χ0) is 14.2. The summed E-state index contributed by atoms with van der Waals surface area (Å²) in [5.74, 6) is 1.54. The van der Waals surface area contributed by atoms with Gasteiger partial charge in [-0.25, -0.2) is 0 Å². The molecule has 1 aliphatic rings. The van der Waals surface area contributed by atoms with E-state index in [9.17, 15) is 0 Å². The van der Waals surface area contributed by atoms with Crippen molar-refractivity contribution in [2.45, 2.75) is 70.9 Å². The SMILES string of the molecule is CCCNC(C)CCc1nc(CC2CCCCO2)no1. The van der Waals surface area contributed by atoms with Gasteiger partial charge in [-0.2, -0.15) is 4.98 Å². The first-order chi connectivity index (χ1) is 9.78. The number of nitrogens with one attached hydrogen (secondary N) is 1. The lowest BCUT2D eigenvalue weighted by atomic mass is 10.1. The van der Waals surface area contributed by atoms with Gasteiger partial charge in [0, 0.05) is 25.5 Å². The van der Waals surface area contributed by atoms with Crippen LogP contribution in [0.15, 0.2) is 4.52 Å². The van der Waals surface area contributed by atoms with Crippen LogP contribution in [0.2, 0.25) is 0 Å². The van der Waals surface area contributed by atoms with Crippen LogP contribution in [0, 0.1) is 0 Å². The third-order valence-electron chi connectivity index (χ3n) is 3.73. The molecular formula is C15H27N3O2. The summed E-state index contributed by atoms with van der Waals surface area (Å²) in [6, 6.07) is 0.493. The lowest BCUT2D eigenvalue weighted by Gasteiger charge is -2.20. The summed E-state index contributed by atoms with van der Waals surface area (Å²) < 4.78 is 11.0. The zero-order valence-electron chi connectivity index (χ0n) is 12.7. The maximum absolute atomic E-state index is 5.70. The molecule has 5 nitrogen and oxygen atoms in total. The Morgan fingerprint density at radius 1 is 1.40 bits per heavy atom. The maximum atomic E-state index is 5.70. The van der Waals surface area contributed by atoms with Gasteiger partial charge in [0.2, 0.25) is 5.89 Å². The van der Waals surface area contributed by atoms with Gasteiger partial charge < -0.3 is 14.6 Å². The molecule has 1 aliphatic heterocycles. The van der Waals surface area contributed by atoms with E-state index in [0.29, 0.717) is 6.04 Å². The Bertz CT molecular complexity index is 375. The first-order valence-corrected chi connectivity index (χ1v) is 7.94. The zero-order valence-corrected chi connectivity index (χ0v) is 12.7. The van der Waals surface area contributed by atoms with Crippen molar-refractivity contribution in [1.29, 1.82) is 0 Å². The van der Waals surface area contributed by atoms with Crippen LogP contribution in [0.3, 0.4) is 0 Å². The Labute approximate surface area is 121 Å². The molecule has 5 heteroatoms. The molecule has 1 fully saturated rings. The average molecular weight is 281 g/mol. The lowest BCUT2D eigenvalue weighted by Crippen LogP contribution is -2.27. The van der Waals surface area contributed by atoms with Gasteiger partial charge in [0.05, 0.1) is 6.10 Å². The van der Waals surface area contributed by atoms with Gasteiger partial charge in [-0.1, -0.05) is 12.1 Å². The molecule has 1 saturated heterocycles. The largest absolute Gasteiger partial charge is 0.378 e. The van der Waals surface area contributed by atoms with Crippen LogP contribution in [0.1, 0.15) is 57.7 Å². The van der Waals surface area contributed by atoms with Crippen LogP contribution >= 0.6 is 0 Å². The van der Waals surface area contributed by atoms with Gasteiger partial charge in [-0.05, 0) is 45.6 Å². The van der Waals surface area contributed by atoms with Crippen molar-refractivity contribution < 1.29 is 9.26 Å². The van der Waals surface area contributed by atoms with Gasteiger partial charge in [0.25, 0.3) is 0 Å². The minimum absolute atomic E-state index is 0.277. The molecule has 1 aromatic rings. The number of rotatable bonds is 8. The molecule has 0 aliphatic carbocycles. The smallest absolute Gasteiger partial charge is 0.226 e. The van der Waals surface area contributed by atoms with E-state index in [2.05, 4.69) is 29.3 Å². The van der Waals surface area contributed by atoms with E-state index in [-0.39, 0.29) is 6.10 Å². The van der Waals surface area contributed by atoms with E-state index in [1.807, 2.05) is 0 Å². The molecule has 1 aromatic heterocycles. The molecule has 2 heterocycles. The third kappa shape index (κ3) is 5.21. The van der Waals surface area contributed by atoms with Crippen molar-refractivity contribution in [2.75, 3.05) is 13.2 Å². The molecular weight excluding hydrogens is 254 g/mol. The molecule has 1 N–H and O–H groups in total. The van der Waals surface area contributed by atoms with Crippen LogP contribution in [0.4, 0.5) is 0 Å². The topological polar surface area (TPSA) is 60.2 Å². The van der Waals surface area contributed by atoms with Crippen LogP contribution < -0.4 is 5.32 Å². The second kappa shape index (κ2) is 8.37. The van der Waals surface area contributed by atoms with E-state index in [1.165, 1.54) is 12.8 Å². The molecule has 20 heavy (non-hydrogen) atoms. The van der Waals surface area contributed by atoms with Gasteiger partial charge >= 0.3 is 0 Å². The van der Waals surface area contributed by atoms with Crippen molar-refractivity contribution >= 4 is 0 Å². The summed E-state index contributed by atoms with van der Waals surface area (Å²) in [5.41, 5.74) is 0. The maximum Gasteiger partial charge on any atom is 0.226 e. The van der Waals surface area contributed by atoms with Crippen LogP contribution in [-0.4, -0.2) is 35.4 Å². The molecule has 2 atom stereocenters. The second-order valence-electron chi connectivity index (χ2n) is 5.69. The average Bonchev–Trinajstić information content (AvgIpc) is 2.91. The van der Waals surface area contributed by atoms with E-state index < -0.39 is 0 Å². The quantitative estimate of drug-likeness (QED) is 0.793. The van der Waals surface area contributed by atoms with Crippen molar-refractivity contribution in [3.05, 3.63) is 11.7 Å². The number of hydrogen-bond acceptors (Lipinski definition) is 5. The molecule has 0 spiro atoms. The highest BCUT2D eigenvalue weighted by Gasteiger charge is 2.17. The van der Waals surface area contributed by atoms with Gasteiger partial charge in [-0.15, -0.1) is 0 Å². The highest BCUT2D eigenvalue weighted by atomic mass is 16.5. The Kier molecular flexibility index (Phi) is 6.47. The van der Waals surface area contributed by atoms with Crippen molar-refractivity contribution in [2.24, 2.45) is 0 Å². The molecule has 114 valence electrons. The fourth-order valence-corrected chi connectivity index (χ4v) is 2.48. The first-order valence-electron chi connectivity index (χ1n) is 7.94. The monoisotopic (exact) mass is 281 g/mol. The van der Waals surface area contributed by atoms with Gasteiger partial charge in [0.15, 0.2) is 5.82 Å². The van der Waals surface area contributed by atoms with Crippen LogP contribution in [-0.2, 0) is 17.6 Å². The van der Waals surface area contributed by atoms with Crippen molar-refractivity contribution in [3.8, 4) is 0 Å². The minimum Gasteiger partial charge on any atom is -0.378 e. The molecule has 0 radical (unpaired) electrons. The highest BCUT2D eigenvalue weighted by Crippen LogP contribution is 2.16. The molecule has 0 saturated carbocycles. The van der Waals surface area contributed by atoms with Crippen LogP contribution in [0.5, 0.6) is 0 Å². The molecule has 0 aromatic carbocycles. The number of ether oxygens (including phenoxy) is 1. The Morgan fingerprint density at radius 2 is 2.30 bits per heavy atom. The highest BCUT2D eigenvalue weighted by molar-refractivity contribution is 4.90. The summed E-state index contributed by atoms with van der Waals surface area (Å²) in [7, 11) is 0. The summed E-state index contributed by atoms with van der Waals surface area (Å²) in [6.07, 6.45) is 7.63. The fraction of sp³-hybridized carbons (Fsp3) is 0.867. The summed E-state index contributed by atoms with van der Waals surface area (Å²) >= 11 is 0. The number of hydrogen-bond donors (Lipinski definition) is 1. The Morgan fingerprint density at radius 3 is 3.05 bits per heavy atom. The summed E-state index contributed by atoms with van der Waals surface area (Å²) in [4.78, 5) is 4.47. The first kappa shape index (κ1) is 15.4. The van der Waals surface area contributed by atoms with Crippen LogP contribution in [0.25, 0.3) is 0 Å². The van der Waals surface area contributed by atoms with Gasteiger partial charge in [0.1, 0.15) is 0 Å². The molecule has 2 rings (SSSR count). The van der Waals surface area contributed by atoms with Gasteiger partial charge in [-0.3, -0.25) is 0 Å². The predicted octanol–water partition coefficient (Wildman–Crippen LogP) is 2.50. The molecule has 0 amide bonds. The lowest BCUT2D eigenvalue weighted by molar-refractivity contribution is 0.0153. The predicted molar refractivity (Wildman–Crippen MR) is 77.7 cm³/mol. The number of aromatic nitrogens is 2. The van der Waals surface area contributed by atoms with Crippen molar-refractivity contribution in [3.63, 3.8) is 0 Å².